The molecule has 0 aliphatic heterocycles. The number of allylic oxidation sites excluding steroid dienone is 2. The van der Waals surface area contributed by atoms with Gasteiger partial charge in [0.1, 0.15) is 0 Å². The number of ether oxygens (including phenoxy) is 2. The Hall–Kier alpha value is -4.42. The number of hydrogen-bond acceptors (Lipinski definition) is 8. The molecule has 0 fully saturated rings. The van der Waals surface area contributed by atoms with Crippen molar-refractivity contribution in [1.29, 1.82) is 0 Å². The van der Waals surface area contributed by atoms with Gasteiger partial charge in [0.2, 0.25) is 0 Å². The number of alkyl halides is 1. The topological polar surface area (TPSA) is 133 Å². The first kappa shape index (κ1) is 36.1. The normalized spacial score (nSPS) is 10.2. The summed E-state index contributed by atoms with van der Waals surface area (Å²) in [6, 6.07) is 13.8. The van der Waals surface area contributed by atoms with Crippen molar-refractivity contribution < 1.29 is 50.0 Å². The number of aromatic nitrogens is 4. The van der Waals surface area contributed by atoms with Crippen LogP contribution in [0.3, 0.4) is 0 Å². The fourth-order valence-corrected chi connectivity index (χ4v) is 4.72. The van der Waals surface area contributed by atoms with Crippen LogP contribution in [0.15, 0.2) is 108 Å². The molecule has 0 saturated carbocycles. The maximum atomic E-state index is 12.6. The van der Waals surface area contributed by atoms with E-state index in [9.17, 15) is 19.2 Å². The minimum Gasteiger partial charge on any atom is -1.00 e. The molecule has 0 aliphatic rings. The molecule has 4 aromatic heterocycles. The number of benzene rings is 2. The first-order valence-electron chi connectivity index (χ1n) is 13.5. The Balaban J connectivity index is 0.000000285. The summed E-state index contributed by atoms with van der Waals surface area (Å²) in [7, 11) is 2.65. The summed E-state index contributed by atoms with van der Waals surface area (Å²) in [5.41, 5.74) is 1.70. The second-order valence-electron chi connectivity index (χ2n) is 9.42. The van der Waals surface area contributed by atoms with Gasteiger partial charge in [0.25, 0.3) is 11.1 Å². The van der Waals surface area contributed by atoms with Crippen LogP contribution < -0.4 is 40.7 Å². The summed E-state index contributed by atoms with van der Waals surface area (Å²) in [6.45, 7) is 7.47. The van der Waals surface area contributed by atoms with Crippen molar-refractivity contribution in [2.45, 2.75) is 6.54 Å². The summed E-state index contributed by atoms with van der Waals surface area (Å²) >= 11 is 3.13. The molecule has 0 amide bonds. The van der Waals surface area contributed by atoms with E-state index in [0.29, 0.717) is 39.5 Å². The zero-order valence-electron chi connectivity index (χ0n) is 26.6. The zero-order valence-corrected chi connectivity index (χ0v) is 29.2. The van der Waals surface area contributed by atoms with Gasteiger partial charge in [-0.2, -0.15) is 0 Å². The molecule has 0 aliphatic carbocycles. The average molecular weight is 694 g/mol. The molecule has 0 unspecified atom stereocenters. The van der Waals surface area contributed by atoms with Crippen molar-refractivity contribution in [3.63, 3.8) is 0 Å². The first-order valence-corrected chi connectivity index (χ1v) is 14.7. The third kappa shape index (κ3) is 7.68. The Morgan fingerprint density at radius 1 is 0.826 bits per heavy atom. The van der Waals surface area contributed by atoms with Crippen LogP contribution in [0.4, 0.5) is 0 Å². The van der Waals surface area contributed by atoms with E-state index >= 15 is 0 Å². The minimum atomic E-state index is -0.436. The van der Waals surface area contributed by atoms with Crippen molar-refractivity contribution in [2.75, 3.05) is 19.5 Å². The van der Waals surface area contributed by atoms with Gasteiger partial charge in [-0.15, -0.1) is 13.2 Å². The number of carbonyl (C=O) groups excluding carboxylic acids is 2. The van der Waals surface area contributed by atoms with Gasteiger partial charge in [-0.3, -0.25) is 19.6 Å². The Morgan fingerprint density at radius 2 is 1.37 bits per heavy atom. The summed E-state index contributed by atoms with van der Waals surface area (Å²) in [5.74, 6) is -0.869. The van der Waals surface area contributed by atoms with Crippen LogP contribution >= 0.6 is 15.9 Å². The Kier molecular flexibility index (Phi) is 13.1. The van der Waals surface area contributed by atoms with Crippen LogP contribution in [-0.4, -0.2) is 51.0 Å². The van der Waals surface area contributed by atoms with E-state index in [1.807, 2.05) is 6.07 Å². The predicted octanol–water partition coefficient (Wildman–Crippen LogP) is 3.07. The summed E-state index contributed by atoms with van der Waals surface area (Å²) < 4.78 is 11.0. The molecule has 6 rings (SSSR count). The van der Waals surface area contributed by atoms with E-state index in [2.05, 4.69) is 48.8 Å². The molecule has 10 nitrogen and oxygen atoms in total. The largest absolute Gasteiger partial charge is 1.00 e. The van der Waals surface area contributed by atoms with Gasteiger partial charge in [-0.05, 0) is 47.2 Å². The molecule has 4 heterocycles. The number of hydrogen-bond donors (Lipinski definition) is 1. The van der Waals surface area contributed by atoms with Crippen LogP contribution in [-0.2, 0) is 16.0 Å². The number of nitrogens with zero attached hydrogens (tertiary/aromatic N) is 3. The van der Waals surface area contributed by atoms with Gasteiger partial charge >= 0.3 is 41.5 Å². The van der Waals surface area contributed by atoms with Gasteiger partial charge in [0.05, 0.1) is 41.6 Å². The molecule has 0 bridgehead atoms. The van der Waals surface area contributed by atoms with E-state index < -0.39 is 11.9 Å². The molecule has 0 spiro atoms. The van der Waals surface area contributed by atoms with Crippen LogP contribution in [0.25, 0.3) is 43.4 Å². The number of methoxy groups -OCH3 is 2. The van der Waals surface area contributed by atoms with Crippen molar-refractivity contribution in [3.05, 3.63) is 130 Å². The van der Waals surface area contributed by atoms with Crippen LogP contribution in [0, 0.1) is 0 Å². The fourth-order valence-electron chi connectivity index (χ4n) is 4.72. The zero-order chi connectivity index (χ0) is 32.5. The summed E-state index contributed by atoms with van der Waals surface area (Å²) in [4.78, 5) is 58.5. The molecule has 6 aromatic rings. The van der Waals surface area contributed by atoms with E-state index in [1.54, 1.807) is 77.8 Å². The number of pyridine rings is 4. The first-order chi connectivity index (χ1) is 21.8. The molecule has 0 saturated heterocycles. The maximum absolute atomic E-state index is 12.6. The number of aromatic amines is 1. The molecule has 1 N–H and O–H groups in total. The Labute approximate surface area is 295 Å². The van der Waals surface area contributed by atoms with Gasteiger partial charge in [0, 0.05) is 53.0 Å². The van der Waals surface area contributed by atoms with E-state index in [4.69, 9.17) is 4.74 Å². The molecule has 2 aromatic carbocycles. The van der Waals surface area contributed by atoms with Crippen molar-refractivity contribution in [2.24, 2.45) is 0 Å². The second-order valence-corrected chi connectivity index (χ2v) is 10.1. The second kappa shape index (κ2) is 16.8. The average Bonchev–Trinajstić information content (AvgIpc) is 3.09. The molecular formula is C34H30BrN4NaO6. The molecule has 12 heteroatoms. The van der Waals surface area contributed by atoms with Gasteiger partial charge in [-0.1, -0.05) is 40.2 Å². The maximum Gasteiger partial charge on any atom is 1.00 e. The van der Waals surface area contributed by atoms with Crippen molar-refractivity contribution in [3.8, 4) is 0 Å². The number of halogens is 1. The predicted molar refractivity (Wildman–Crippen MR) is 181 cm³/mol. The van der Waals surface area contributed by atoms with Crippen molar-refractivity contribution >= 4 is 71.2 Å². The molecule has 0 atom stereocenters. The number of H-pyrrole nitrogens is 1. The van der Waals surface area contributed by atoms with Gasteiger partial charge < -0.3 is 20.5 Å². The summed E-state index contributed by atoms with van der Waals surface area (Å²) in [5, 5.41) is 5.34. The van der Waals surface area contributed by atoms with E-state index in [0.717, 1.165) is 26.9 Å². The number of esters is 2. The molecule has 230 valence electrons. The number of carbonyl (C=O) groups is 2. The van der Waals surface area contributed by atoms with Crippen molar-refractivity contribution in [1.82, 2.24) is 19.5 Å². The quantitative estimate of drug-likeness (QED) is 0.0959. The standard InChI is InChI=1S/C17H14N2O3.C14H10N2O3.C3H5Br.Na.H/c1-3-8-19-15-9-11(17(21)22-2)4-5-13(15)12-6-7-18-10-14(12)16(19)20;1-19-14(18)8-2-3-10-9-4-5-15-7-11(9)13(17)16-12(10)6-8;1-2-3-4;;/h3-7,9-10H,1,8H2,2H3;2-7H,1H3,(H,16,17);2H,1,3H2;;/q;;;+1;-1. The number of fused-ring (bicyclic) bond motifs is 6. The monoisotopic (exact) mass is 692 g/mol. The van der Waals surface area contributed by atoms with Crippen LogP contribution in [0.2, 0.25) is 0 Å². The van der Waals surface area contributed by atoms with Crippen LogP contribution in [0.1, 0.15) is 22.1 Å². The number of rotatable bonds is 5. The smallest absolute Gasteiger partial charge is 1.00 e. The molecule has 46 heavy (non-hydrogen) atoms. The Bertz CT molecular complexity index is 2200. The van der Waals surface area contributed by atoms with E-state index in [1.165, 1.54) is 20.4 Å². The number of nitrogens with one attached hydrogen (secondary N) is 1. The van der Waals surface area contributed by atoms with Gasteiger partial charge in [-0.25, -0.2) is 9.59 Å². The summed E-state index contributed by atoms with van der Waals surface area (Å²) in [6.07, 6.45) is 9.81. The van der Waals surface area contributed by atoms with Gasteiger partial charge in [0.15, 0.2) is 0 Å². The van der Waals surface area contributed by atoms with Crippen LogP contribution in [0.5, 0.6) is 0 Å². The minimum absolute atomic E-state index is 0. The van der Waals surface area contributed by atoms with E-state index in [-0.39, 0.29) is 42.1 Å². The third-order valence-corrected chi connectivity index (χ3v) is 7.22. The molecular weight excluding hydrogens is 663 g/mol. The third-order valence-electron chi connectivity index (χ3n) is 6.76. The Morgan fingerprint density at radius 3 is 1.93 bits per heavy atom. The fraction of sp³-hybridized carbons (Fsp3) is 0.118. The SMILES string of the molecule is C=CCBr.C=CCn1c(=O)c2cnccc2c2ccc(C(=O)OC)cc21.COC(=O)c1ccc2c(c1)[nH]c(=O)c1cnccc12.[H-].[Na+]. The molecule has 0 radical (unpaired) electrons.